The Hall–Kier alpha value is -3.20. The molecule has 196 valence electrons. The fraction of sp³-hybridized carbons (Fsp3) is 0.333. The molecular formula is C27H29Cl2N3O5. The van der Waals surface area contributed by atoms with E-state index in [0.29, 0.717) is 38.2 Å². The summed E-state index contributed by atoms with van der Waals surface area (Å²) in [6, 6.07) is 6.77. The first-order valence-corrected chi connectivity index (χ1v) is 12.3. The van der Waals surface area contributed by atoms with Crippen molar-refractivity contribution in [2.45, 2.75) is 45.8 Å². The van der Waals surface area contributed by atoms with Crippen molar-refractivity contribution in [1.82, 2.24) is 9.55 Å². The number of amides is 1. The molecule has 3 rings (SSSR count). The van der Waals surface area contributed by atoms with Gasteiger partial charge in [0.2, 0.25) is 5.91 Å². The highest BCUT2D eigenvalue weighted by atomic mass is 35.5. The number of carbonyl (C=O) groups is 2. The smallest absolute Gasteiger partial charge is 0.252 e. The summed E-state index contributed by atoms with van der Waals surface area (Å²) < 4.78 is 12.7. The normalized spacial score (nSPS) is 12.2. The highest BCUT2D eigenvalue weighted by Crippen LogP contribution is 2.34. The number of carbonyl (C=O) groups excluding carboxylic acids is 2. The number of ketones is 1. The number of pyridine rings is 2. The highest BCUT2D eigenvalue weighted by molar-refractivity contribution is 6.31. The second kappa shape index (κ2) is 11.9. The first kappa shape index (κ1) is 28.4. The van der Waals surface area contributed by atoms with Gasteiger partial charge in [-0.3, -0.25) is 23.9 Å². The maximum Gasteiger partial charge on any atom is 0.252 e. The minimum absolute atomic E-state index is 0.190. The van der Waals surface area contributed by atoms with Crippen molar-refractivity contribution >= 4 is 40.6 Å². The molecule has 10 heteroatoms. The maximum absolute atomic E-state index is 13.4. The van der Waals surface area contributed by atoms with Crippen molar-refractivity contribution in [3.05, 3.63) is 74.9 Å². The summed E-state index contributed by atoms with van der Waals surface area (Å²) in [6.07, 6.45) is 4.57. The van der Waals surface area contributed by atoms with Crippen molar-refractivity contribution < 1.29 is 19.1 Å². The largest absolute Gasteiger partial charge is 0.495 e. The van der Waals surface area contributed by atoms with Crippen LogP contribution in [0, 0.1) is 0 Å². The van der Waals surface area contributed by atoms with E-state index in [0.717, 1.165) is 0 Å². The Balaban J connectivity index is 2.08. The van der Waals surface area contributed by atoms with Gasteiger partial charge in [0, 0.05) is 41.4 Å². The van der Waals surface area contributed by atoms with Crippen LogP contribution in [-0.2, 0) is 9.53 Å². The van der Waals surface area contributed by atoms with E-state index in [9.17, 15) is 14.4 Å². The molecule has 2 aromatic heterocycles. The third kappa shape index (κ3) is 7.41. The van der Waals surface area contributed by atoms with Crippen molar-refractivity contribution in [2.24, 2.45) is 0 Å². The van der Waals surface area contributed by atoms with Gasteiger partial charge in [0.25, 0.3) is 5.56 Å². The number of anilines is 1. The highest BCUT2D eigenvalue weighted by Gasteiger charge is 2.25. The zero-order valence-corrected chi connectivity index (χ0v) is 22.8. The Labute approximate surface area is 225 Å². The predicted molar refractivity (Wildman–Crippen MR) is 145 cm³/mol. The average molecular weight is 546 g/mol. The molecule has 0 saturated carbocycles. The van der Waals surface area contributed by atoms with Crippen LogP contribution in [0.25, 0.3) is 11.1 Å². The molecular weight excluding hydrogens is 517 g/mol. The fourth-order valence-electron chi connectivity index (χ4n) is 3.77. The average Bonchev–Trinajstić information content (AvgIpc) is 2.81. The van der Waals surface area contributed by atoms with Crippen molar-refractivity contribution in [1.29, 1.82) is 0 Å². The molecule has 1 unspecified atom stereocenters. The van der Waals surface area contributed by atoms with Gasteiger partial charge in [-0.05, 0) is 57.5 Å². The lowest BCUT2D eigenvalue weighted by Gasteiger charge is -2.24. The fourth-order valence-corrected chi connectivity index (χ4v) is 4.12. The number of methoxy groups -OCH3 is 1. The quantitative estimate of drug-likeness (QED) is 0.340. The topological polar surface area (TPSA) is 99.5 Å². The van der Waals surface area contributed by atoms with E-state index in [2.05, 4.69) is 10.3 Å². The standard InChI is InChI=1S/C27H29Cl2N3O5/c1-16(33)20-7-6-17(28)11-21(20)22-12-25(34)32(15-24(22)36-5)23(8-9-37-27(2,3)4)26(35)31-19-10-18(29)13-30-14-19/h6-7,10-15,23H,8-9H2,1-5H3,(H,31,35). The molecule has 0 fully saturated rings. The van der Waals surface area contributed by atoms with Crippen LogP contribution in [0.5, 0.6) is 5.75 Å². The molecule has 2 heterocycles. The lowest BCUT2D eigenvalue weighted by molar-refractivity contribution is -0.120. The molecule has 1 amide bonds. The van der Waals surface area contributed by atoms with E-state index in [1.807, 2.05) is 20.8 Å². The van der Waals surface area contributed by atoms with Gasteiger partial charge in [0.05, 0.1) is 35.8 Å². The summed E-state index contributed by atoms with van der Waals surface area (Å²) in [5.41, 5.74) is 0.733. The minimum Gasteiger partial charge on any atom is -0.495 e. The van der Waals surface area contributed by atoms with Crippen LogP contribution in [0.4, 0.5) is 5.69 Å². The van der Waals surface area contributed by atoms with E-state index in [4.69, 9.17) is 32.7 Å². The van der Waals surface area contributed by atoms with E-state index in [1.54, 1.807) is 24.3 Å². The molecule has 37 heavy (non-hydrogen) atoms. The Morgan fingerprint density at radius 3 is 2.43 bits per heavy atom. The van der Waals surface area contributed by atoms with E-state index in [1.165, 1.54) is 43.3 Å². The van der Waals surface area contributed by atoms with E-state index >= 15 is 0 Å². The Bertz CT molecular complexity index is 1360. The van der Waals surface area contributed by atoms with Crippen LogP contribution < -0.4 is 15.6 Å². The number of nitrogens with one attached hydrogen (secondary N) is 1. The lowest BCUT2D eigenvalue weighted by atomic mass is 9.97. The zero-order chi connectivity index (χ0) is 27.3. The number of rotatable bonds is 9. The SMILES string of the molecule is COc1cn(C(CCOC(C)(C)C)C(=O)Nc2cncc(Cl)c2)c(=O)cc1-c1cc(Cl)ccc1C(C)=O. The summed E-state index contributed by atoms with van der Waals surface area (Å²) in [4.78, 5) is 43.0. The van der Waals surface area contributed by atoms with Gasteiger partial charge in [0.1, 0.15) is 11.8 Å². The van der Waals surface area contributed by atoms with Crippen LogP contribution >= 0.6 is 23.2 Å². The number of hydrogen-bond acceptors (Lipinski definition) is 6. The molecule has 8 nitrogen and oxygen atoms in total. The molecule has 3 aromatic rings. The molecule has 0 aliphatic carbocycles. The first-order valence-electron chi connectivity index (χ1n) is 11.6. The molecule has 0 aliphatic heterocycles. The lowest BCUT2D eigenvalue weighted by Crippen LogP contribution is -2.34. The summed E-state index contributed by atoms with van der Waals surface area (Å²) in [7, 11) is 1.45. The summed E-state index contributed by atoms with van der Waals surface area (Å²) in [5, 5.41) is 3.53. The van der Waals surface area contributed by atoms with Gasteiger partial charge >= 0.3 is 0 Å². The molecule has 0 spiro atoms. The Kier molecular flexibility index (Phi) is 9.12. The van der Waals surface area contributed by atoms with Gasteiger partial charge in [-0.15, -0.1) is 0 Å². The monoisotopic (exact) mass is 545 g/mol. The van der Waals surface area contributed by atoms with Crippen LogP contribution in [-0.4, -0.2) is 40.6 Å². The van der Waals surface area contributed by atoms with Crippen LogP contribution in [0.1, 0.15) is 50.5 Å². The maximum atomic E-state index is 13.4. The first-order chi connectivity index (χ1) is 17.4. The molecule has 0 aliphatic rings. The number of Topliss-reactive ketones (excluding diaryl/α,β-unsaturated/α-hetero) is 1. The van der Waals surface area contributed by atoms with Gasteiger partial charge in [-0.25, -0.2) is 0 Å². The predicted octanol–water partition coefficient (Wildman–Crippen LogP) is 5.81. The third-order valence-electron chi connectivity index (χ3n) is 5.45. The summed E-state index contributed by atoms with van der Waals surface area (Å²) in [6.45, 7) is 7.36. The van der Waals surface area contributed by atoms with E-state index in [-0.39, 0.29) is 18.8 Å². The van der Waals surface area contributed by atoms with Gasteiger partial charge in [-0.2, -0.15) is 0 Å². The van der Waals surface area contributed by atoms with Gasteiger partial charge < -0.3 is 14.8 Å². The van der Waals surface area contributed by atoms with Crippen molar-refractivity contribution in [3.63, 3.8) is 0 Å². The summed E-state index contributed by atoms with van der Waals surface area (Å²) >= 11 is 12.2. The molecule has 1 atom stereocenters. The number of aromatic nitrogens is 2. The van der Waals surface area contributed by atoms with Gasteiger partial charge in [-0.1, -0.05) is 23.2 Å². The number of benzene rings is 1. The van der Waals surface area contributed by atoms with E-state index < -0.39 is 23.1 Å². The van der Waals surface area contributed by atoms with Crippen molar-refractivity contribution in [3.8, 4) is 16.9 Å². The second-order valence-electron chi connectivity index (χ2n) is 9.39. The molecule has 0 bridgehead atoms. The number of halogens is 2. The molecule has 0 radical (unpaired) electrons. The molecule has 1 aromatic carbocycles. The van der Waals surface area contributed by atoms with Gasteiger partial charge in [0.15, 0.2) is 5.78 Å². The molecule has 0 saturated heterocycles. The Morgan fingerprint density at radius 1 is 1.08 bits per heavy atom. The Morgan fingerprint density at radius 2 is 1.81 bits per heavy atom. The number of nitrogens with zero attached hydrogens (tertiary/aromatic N) is 2. The zero-order valence-electron chi connectivity index (χ0n) is 21.3. The van der Waals surface area contributed by atoms with Crippen molar-refractivity contribution in [2.75, 3.05) is 19.0 Å². The second-order valence-corrected chi connectivity index (χ2v) is 10.3. The van der Waals surface area contributed by atoms with Crippen LogP contribution in [0.2, 0.25) is 10.0 Å². The van der Waals surface area contributed by atoms with Crippen LogP contribution in [0.15, 0.2) is 53.7 Å². The van der Waals surface area contributed by atoms with Crippen LogP contribution in [0.3, 0.4) is 0 Å². The summed E-state index contributed by atoms with van der Waals surface area (Å²) in [5.74, 6) is -0.349. The third-order valence-corrected chi connectivity index (χ3v) is 5.89. The minimum atomic E-state index is -0.941. The molecule has 1 N–H and O–H groups in total. The number of ether oxygens (including phenoxy) is 2. The number of hydrogen-bond donors (Lipinski definition) is 1.